The molecule has 1 aliphatic rings. The Morgan fingerprint density at radius 3 is 2.62 bits per heavy atom. The Balaban J connectivity index is 0.00000300. The number of carboxylic acid groups (broad SMARTS) is 1. The van der Waals surface area contributed by atoms with Gasteiger partial charge in [-0.1, -0.05) is 11.6 Å². The van der Waals surface area contributed by atoms with Gasteiger partial charge in [-0.15, -0.1) is 12.4 Å². The third kappa shape index (κ3) is 6.31. The zero-order valence-electron chi connectivity index (χ0n) is 16.0. The Labute approximate surface area is 180 Å². The molecule has 0 atom stereocenters. The van der Waals surface area contributed by atoms with Crippen LogP contribution < -0.4 is 15.5 Å². The van der Waals surface area contributed by atoms with Crippen molar-refractivity contribution in [2.45, 2.75) is 19.3 Å². The third-order valence-electron chi connectivity index (χ3n) is 4.30. The molecular weight excluding hydrogens is 419 g/mol. The molecule has 11 heteroatoms. The van der Waals surface area contributed by atoms with Gasteiger partial charge in [0, 0.05) is 32.4 Å². The summed E-state index contributed by atoms with van der Waals surface area (Å²) in [5.74, 6) is 0.251. The number of carboxylic acids is 1. The van der Waals surface area contributed by atoms with Crippen LogP contribution in [0.4, 0.5) is 23.5 Å². The Bertz CT molecular complexity index is 833. The summed E-state index contributed by atoms with van der Waals surface area (Å²) in [6.45, 7) is 2.87. The van der Waals surface area contributed by atoms with Crippen molar-refractivity contribution in [3.63, 3.8) is 0 Å². The second-order valence-electron chi connectivity index (χ2n) is 6.37. The number of carbonyl (C=O) groups is 1. The molecule has 0 radical (unpaired) electrons. The summed E-state index contributed by atoms with van der Waals surface area (Å²) < 4.78 is 5.05. The fourth-order valence-electron chi connectivity index (χ4n) is 2.90. The summed E-state index contributed by atoms with van der Waals surface area (Å²) >= 11 is 5.94. The van der Waals surface area contributed by atoms with Crippen LogP contribution in [0.25, 0.3) is 0 Å². The molecule has 1 saturated heterocycles. The molecule has 29 heavy (non-hydrogen) atoms. The Morgan fingerprint density at radius 1 is 1.21 bits per heavy atom. The normalized spacial score (nSPS) is 13.5. The quantitative estimate of drug-likeness (QED) is 0.528. The van der Waals surface area contributed by atoms with Crippen molar-refractivity contribution < 1.29 is 14.6 Å². The highest BCUT2D eigenvalue weighted by Crippen LogP contribution is 2.24. The zero-order valence-corrected chi connectivity index (χ0v) is 17.6. The fraction of sp³-hybridized carbons (Fsp3) is 0.444. The lowest BCUT2D eigenvalue weighted by molar-refractivity contribution is 0.0697. The maximum Gasteiger partial charge on any atom is 0.337 e. The number of aromatic nitrogens is 3. The van der Waals surface area contributed by atoms with Crippen molar-refractivity contribution in [3.05, 3.63) is 28.8 Å². The molecule has 0 saturated carbocycles. The lowest BCUT2D eigenvalue weighted by Gasteiger charge is -2.27. The van der Waals surface area contributed by atoms with Gasteiger partial charge in [-0.3, -0.25) is 0 Å². The van der Waals surface area contributed by atoms with Crippen molar-refractivity contribution >= 4 is 53.5 Å². The fourth-order valence-corrected chi connectivity index (χ4v) is 3.09. The van der Waals surface area contributed by atoms with Gasteiger partial charge in [-0.05, 0) is 37.5 Å². The van der Waals surface area contributed by atoms with Gasteiger partial charge in [0.1, 0.15) is 0 Å². The minimum absolute atomic E-state index is 0. The molecule has 0 amide bonds. The van der Waals surface area contributed by atoms with Crippen molar-refractivity contribution in [2.75, 3.05) is 48.9 Å². The molecule has 3 rings (SSSR count). The van der Waals surface area contributed by atoms with Crippen molar-refractivity contribution in [1.82, 2.24) is 15.0 Å². The molecule has 0 aliphatic carbocycles. The summed E-state index contributed by atoms with van der Waals surface area (Å²) in [5, 5.41) is 15.6. The van der Waals surface area contributed by atoms with Crippen molar-refractivity contribution in [3.8, 4) is 0 Å². The van der Waals surface area contributed by atoms with E-state index in [1.807, 2.05) is 0 Å². The van der Waals surface area contributed by atoms with Crippen LogP contribution in [0.3, 0.4) is 0 Å². The van der Waals surface area contributed by atoms with E-state index in [-0.39, 0.29) is 23.0 Å². The van der Waals surface area contributed by atoms with E-state index < -0.39 is 5.97 Å². The van der Waals surface area contributed by atoms with Gasteiger partial charge >= 0.3 is 5.97 Å². The van der Waals surface area contributed by atoms with E-state index in [1.165, 1.54) is 18.6 Å². The zero-order chi connectivity index (χ0) is 19.9. The molecule has 9 nitrogen and oxygen atoms in total. The van der Waals surface area contributed by atoms with Gasteiger partial charge in [0.15, 0.2) is 0 Å². The number of nitrogens with zero attached hydrogens (tertiary/aromatic N) is 4. The first-order valence-corrected chi connectivity index (χ1v) is 9.48. The number of piperidine rings is 1. The number of hydrogen-bond acceptors (Lipinski definition) is 8. The van der Waals surface area contributed by atoms with Crippen molar-refractivity contribution in [1.29, 1.82) is 0 Å². The number of rotatable bonds is 8. The van der Waals surface area contributed by atoms with Crippen molar-refractivity contribution in [2.24, 2.45) is 0 Å². The van der Waals surface area contributed by atoms with Gasteiger partial charge in [-0.25, -0.2) is 4.79 Å². The highest BCUT2D eigenvalue weighted by molar-refractivity contribution is 6.33. The van der Waals surface area contributed by atoms with Gasteiger partial charge < -0.3 is 25.4 Å². The minimum atomic E-state index is -1.10. The first kappa shape index (κ1) is 22.9. The number of methoxy groups -OCH3 is 1. The predicted octanol–water partition coefficient (Wildman–Crippen LogP) is 3.44. The summed E-state index contributed by atoms with van der Waals surface area (Å²) in [6, 6.07) is 4.65. The molecule has 3 N–H and O–H groups in total. The van der Waals surface area contributed by atoms with Gasteiger partial charge in [-0.2, -0.15) is 15.0 Å². The lowest BCUT2D eigenvalue weighted by atomic mass is 10.1. The van der Waals surface area contributed by atoms with Crippen LogP contribution in [0, 0.1) is 0 Å². The van der Waals surface area contributed by atoms with Crippen LogP contribution in [0.1, 0.15) is 29.6 Å². The maximum atomic E-state index is 11.3. The number of benzene rings is 1. The molecule has 0 bridgehead atoms. The van der Waals surface area contributed by atoms with Gasteiger partial charge in [0.25, 0.3) is 0 Å². The van der Waals surface area contributed by atoms with Crippen LogP contribution in [0.15, 0.2) is 18.2 Å². The number of anilines is 4. The Hall–Kier alpha value is -2.36. The van der Waals surface area contributed by atoms with Crippen LogP contribution in [0.5, 0.6) is 0 Å². The SMILES string of the molecule is COCCNc1nc(Nc2ccc(Cl)c(C(=O)O)c2)nc(N2CCCCC2)n1.Cl. The molecule has 2 aromatic rings. The number of hydrogen-bond donors (Lipinski definition) is 3. The number of nitrogens with one attached hydrogen (secondary N) is 2. The van der Waals surface area contributed by atoms with Crippen LogP contribution in [-0.2, 0) is 4.74 Å². The highest BCUT2D eigenvalue weighted by Gasteiger charge is 2.17. The monoisotopic (exact) mass is 442 g/mol. The second-order valence-corrected chi connectivity index (χ2v) is 6.78. The predicted molar refractivity (Wildman–Crippen MR) is 115 cm³/mol. The van der Waals surface area contributed by atoms with E-state index in [1.54, 1.807) is 13.2 Å². The van der Waals surface area contributed by atoms with E-state index in [0.717, 1.165) is 25.9 Å². The number of halogens is 2. The number of ether oxygens (including phenoxy) is 1. The highest BCUT2D eigenvalue weighted by atomic mass is 35.5. The summed E-state index contributed by atoms with van der Waals surface area (Å²) in [4.78, 5) is 26.8. The molecule has 2 heterocycles. The topological polar surface area (TPSA) is 112 Å². The molecule has 1 fully saturated rings. The smallest absolute Gasteiger partial charge is 0.337 e. The largest absolute Gasteiger partial charge is 0.478 e. The molecule has 158 valence electrons. The van der Waals surface area contributed by atoms with Gasteiger partial charge in [0.2, 0.25) is 17.8 Å². The Morgan fingerprint density at radius 2 is 1.93 bits per heavy atom. The summed E-state index contributed by atoms with van der Waals surface area (Å²) in [6.07, 6.45) is 3.40. The third-order valence-corrected chi connectivity index (χ3v) is 4.63. The van der Waals surface area contributed by atoms with Crippen LogP contribution in [-0.4, -0.2) is 59.4 Å². The van der Waals surface area contributed by atoms with E-state index >= 15 is 0 Å². The van der Waals surface area contributed by atoms with Gasteiger partial charge in [0.05, 0.1) is 17.2 Å². The molecule has 1 aromatic carbocycles. The molecule has 1 aromatic heterocycles. The molecule has 0 unspecified atom stereocenters. The maximum absolute atomic E-state index is 11.3. The minimum Gasteiger partial charge on any atom is -0.478 e. The van der Waals surface area contributed by atoms with E-state index in [0.29, 0.717) is 36.7 Å². The standard InChI is InChI=1S/C18H23ClN6O3.ClH/c1-28-10-7-20-16-22-17(24-18(23-16)25-8-3-2-4-9-25)21-12-5-6-14(19)13(11-12)15(26)27;/h5-6,11H,2-4,7-10H2,1H3,(H,26,27)(H2,20,21,22,23,24);1H. The van der Waals surface area contributed by atoms with E-state index in [4.69, 9.17) is 16.3 Å². The average molecular weight is 443 g/mol. The lowest BCUT2D eigenvalue weighted by Crippen LogP contribution is -2.31. The average Bonchev–Trinajstić information content (AvgIpc) is 2.70. The van der Waals surface area contributed by atoms with E-state index in [2.05, 4.69) is 30.5 Å². The Kier molecular flexibility index (Phi) is 8.69. The second kappa shape index (κ2) is 11.0. The number of aromatic carboxylic acids is 1. The summed E-state index contributed by atoms with van der Waals surface area (Å²) in [7, 11) is 1.63. The summed E-state index contributed by atoms with van der Waals surface area (Å²) in [5.41, 5.74) is 0.538. The van der Waals surface area contributed by atoms with E-state index in [9.17, 15) is 9.90 Å². The van der Waals surface area contributed by atoms with Crippen LogP contribution in [0.2, 0.25) is 5.02 Å². The molecular formula is C18H24Cl2N6O3. The first-order valence-electron chi connectivity index (χ1n) is 9.10. The molecule has 1 aliphatic heterocycles. The van der Waals surface area contributed by atoms with Crippen LogP contribution >= 0.6 is 24.0 Å². The first-order chi connectivity index (χ1) is 13.6. The molecule has 0 spiro atoms.